The molecular weight excluding hydrogens is 392 g/mol. The van der Waals surface area contributed by atoms with E-state index >= 15 is 0 Å². The Morgan fingerprint density at radius 2 is 1.80 bits per heavy atom. The number of nitrogens with zero attached hydrogens (tertiary/aromatic N) is 1. The van der Waals surface area contributed by atoms with Crippen molar-refractivity contribution in [2.75, 3.05) is 12.1 Å². The van der Waals surface area contributed by atoms with E-state index in [9.17, 15) is 24.3 Å². The number of benzene rings is 2. The van der Waals surface area contributed by atoms with Crippen LogP contribution in [0.15, 0.2) is 42.5 Å². The number of rotatable bonds is 6. The molecule has 0 saturated heterocycles. The largest absolute Gasteiger partial charge is 0.480 e. The molecule has 4 rings (SSSR count). The van der Waals surface area contributed by atoms with Gasteiger partial charge in [0.25, 0.3) is 11.8 Å². The predicted octanol–water partition coefficient (Wildman–Crippen LogP) is 2.02. The molecule has 0 fully saturated rings. The van der Waals surface area contributed by atoms with Gasteiger partial charge in [0.1, 0.15) is 11.8 Å². The van der Waals surface area contributed by atoms with Crippen LogP contribution in [-0.4, -0.2) is 46.5 Å². The molecule has 2 N–H and O–H groups in total. The van der Waals surface area contributed by atoms with Gasteiger partial charge in [0.05, 0.1) is 17.7 Å². The zero-order chi connectivity index (χ0) is 21.3. The maximum Gasteiger partial charge on any atom is 0.326 e. The van der Waals surface area contributed by atoms with Crippen molar-refractivity contribution in [3.05, 3.63) is 59.2 Å². The highest BCUT2D eigenvalue weighted by atomic mass is 16.7. The van der Waals surface area contributed by atoms with Crippen molar-refractivity contribution in [1.82, 2.24) is 4.90 Å². The summed E-state index contributed by atoms with van der Waals surface area (Å²) < 4.78 is 10.5. The van der Waals surface area contributed by atoms with E-state index in [2.05, 4.69) is 5.32 Å². The number of carbonyl (C=O) groups is 4. The minimum atomic E-state index is -1.44. The van der Waals surface area contributed by atoms with Crippen molar-refractivity contribution in [3.63, 3.8) is 0 Å². The summed E-state index contributed by atoms with van der Waals surface area (Å²) in [4.78, 5) is 49.9. The van der Waals surface area contributed by atoms with Crippen LogP contribution >= 0.6 is 0 Å². The first-order valence-corrected chi connectivity index (χ1v) is 9.29. The lowest BCUT2D eigenvalue weighted by molar-refractivity contribution is -0.141. The molecule has 9 nitrogen and oxygen atoms in total. The number of hydrogen-bond donors (Lipinski definition) is 2. The number of carboxylic acids is 1. The molecule has 1 atom stereocenters. The third-order valence-corrected chi connectivity index (χ3v) is 4.97. The molecule has 0 saturated carbocycles. The summed E-state index contributed by atoms with van der Waals surface area (Å²) in [5.41, 5.74) is 1.63. The Bertz CT molecular complexity index is 1010. The van der Waals surface area contributed by atoms with Crippen LogP contribution in [0.3, 0.4) is 0 Å². The van der Waals surface area contributed by atoms with Crippen LogP contribution in [0.5, 0.6) is 5.75 Å². The number of nitrogens with one attached hydrogen (secondary N) is 1. The first-order chi connectivity index (χ1) is 14.5. The lowest BCUT2D eigenvalue weighted by atomic mass is 10.1. The number of imide groups is 1. The molecule has 2 heterocycles. The minimum absolute atomic E-state index is 0.164. The van der Waals surface area contributed by atoms with Crippen molar-refractivity contribution in [1.29, 1.82) is 0 Å². The predicted molar refractivity (Wildman–Crippen MR) is 103 cm³/mol. The van der Waals surface area contributed by atoms with Crippen molar-refractivity contribution < 1.29 is 33.8 Å². The van der Waals surface area contributed by atoms with Crippen LogP contribution in [0.2, 0.25) is 0 Å². The number of hydrogen-bond acceptors (Lipinski definition) is 6. The van der Waals surface area contributed by atoms with Crippen molar-refractivity contribution >= 4 is 29.4 Å². The van der Waals surface area contributed by atoms with Gasteiger partial charge in [0.2, 0.25) is 5.91 Å². The smallest absolute Gasteiger partial charge is 0.326 e. The molecule has 3 amide bonds. The summed E-state index contributed by atoms with van der Waals surface area (Å²) >= 11 is 0. The topological polar surface area (TPSA) is 122 Å². The van der Waals surface area contributed by atoms with Crippen molar-refractivity contribution in [2.45, 2.75) is 25.5 Å². The summed E-state index contributed by atoms with van der Waals surface area (Å²) in [6.07, 6.45) is -0.391. The Hall–Kier alpha value is -3.72. The second-order valence-corrected chi connectivity index (χ2v) is 6.90. The van der Waals surface area contributed by atoms with Gasteiger partial charge in [-0.2, -0.15) is 0 Å². The van der Waals surface area contributed by atoms with Crippen LogP contribution in [-0.2, 0) is 20.9 Å². The maximum absolute atomic E-state index is 12.5. The van der Waals surface area contributed by atoms with Gasteiger partial charge in [-0.05, 0) is 36.8 Å². The zero-order valence-electron chi connectivity index (χ0n) is 15.8. The second-order valence-electron chi connectivity index (χ2n) is 6.90. The lowest BCUT2D eigenvalue weighted by Crippen LogP contribution is -2.45. The van der Waals surface area contributed by atoms with Crippen LogP contribution in [0.4, 0.5) is 5.69 Å². The fourth-order valence-electron chi connectivity index (χ4n) is 3.51. The highest BCUT2D eigenvalue weighted by molar-refractivity contribution is 6.22. The van der Waals surface area contributed by atoms with Crippen LogP contribution in [0, 0.1) is 0 Å². The molecule has 0 radical (unpaired) electrons. The first-order valence-electron chi connectivity index (χ1n) is 9.29. The lowest BCUT2D eigenvalue weighted by Gasteiger charge is -2.22. The molecule has 154 valence electrons. The van der Waals surface area contributed by atoms with Gasteiger partial charge >= 0.3 is 5.97 Å². The number of amides is 3. The van der Waals surface area contributed by atoms with E-state index in [1.54, 1.807) is 30.3 Å². The summed E-state index contributed by atoms with van der Waals surface area (Å²) in [6, 6.07) is 9.82. The van der Waals surface area contributed by atoms with E-state index in [0.29, 0.717) is 22.9 Å². The third kappa shape index (κ3) is 3.62. The third-order valence-electron chi connectivity index (χ3n) is 4.97. The van der Waals surface area contributed by atoms with Gasteiger partial charge in [-0.3, -0.25) is 19.3 Å². The molecule has 30 heavy (non-hydrogen) atoms. The minimum Gasteiger partial charge on any atom is -0.480 e. The van der Waals surface area contributed by atoms with Crippen molar-refractivity contribution in [3.8, 4) is 5.75 Å². The van der Waals surface area contributed by atoms with E-state index in [4.69, 9.17) is 9.47 Å². The average molecular weight is 410 g/mol. The van der Waals surface area contributed by atoms with E-state index < -0.39 is 29.7 Å². The van der Waals surface area contributed by atoms with Gasteiger partial charge in [-0.15, -0.1) is 0 Å². The Kier molecular flexibility index (Phi) is 5.20. The molecule has 1 unspecified atom stereocenters. The fraction of sp³-hybridized carbons (Fsp3) is 0.238. The number of carbonyl (C=O) groups excluding carboxylic acids is 3. The number of anilines is 1. The monoisotopic (exact) mass is 410 g/mol. The molecule has 2 aromatic carbocycles. The van der Waals surface area contributed by atoms with Crippen LogP contribution < -0.4 is 10.1 Å². The molecule has 2 aliphatic heterocycles. The highest BCUT2D eigenvalue weighted by Gasteiger charge is 2.42. The standard InChI is InChI=1S/C21H18N2O7/c24-18(22-13-5-7-17-12(9-13)10-29-11-30-17)8-6-16(21(27)28)23-19(25)14-3-1-2-4-15(14)20(23)26/h1-5,7,9,16H,6,8,10-11H2,(H,22,24)(H,27,28). The number of aliphatic carboxylic acids is 1. The molecule has 0 bridgehead atoms. The molecule has 0 aliphatic carbocycles. The molecule has 2 aromatic rings. The Morgan fingerprint density at radius 1 is 1.10 bits per heavy atom. The number of carboxylic acid groups (broad SMARTS) is 1. The van der Waals surface area contributed by atoms with Crippen LogP contribution in [0.25, 0.3) is 0 Å². The molecule has 0 aromatic heterocycles. The SMILES string of the molecule is O=C(CCC(C(=O)O)N1C(=O)c2ccccc2C1=O)Nc1ccc2c(c1)COCO2. The van der Waals surface area contributed by atoms with Gasteiger partial charge in [-0.25, -0.2) is 4.79 Å². The summed E-state index contributed by atoms with van der Waals surface area (Å²) in [7, 11) is 0. The van der Waals surface area contributed by atoms with Crippen LogP contribution in [0.1, 0.15) is 39.1 Å². The second kappa shape index (κ2) is 7.96. The van der Waals surface area contributed by atoms with E-state index in [-0.39, 0.29) is 30.8 Å². The average Bonchev–Trinajstić information content (AvgIpc) is 2.99. The maximum atomic E-state index is 12.5. The fourth-order valence-corrected chi connectivity index (χ4v) is 3.51. The zero-order valence-corrected chi connectivity index (χ0v) is 15.8. The molecule has 0 spiro atoms. The summed E-state index contributed by atoms with van der Waals surface area (Å²) in [5.74, 6) is -2.44. The Labute approximate surface area is 171 Å². The Morgan fingerprint density at radius 3 is 2.47 bits per heavy atom. The van der Waals surface area contributed by atoms with Gasteiger partial charge in [-0.1, -0.05) is 12.1 Å². The first kappa shape index (κ1) is 19.6. The van der Waals surface area contributed by atoms with E-state index in [1.165, 1.54) is 12.1 Å². The number of fused-ring (bicyclic) bond motifs is 2. The van der Waals surface area contributed by atoms with E-state index in [1.807, 2.05) is 0 Å². The molecule has 9 heteroatoms. The number of ether oxygens (including phenoxy) is 2. The van der Waals surface area contributed by atoms with Gasteiger partial charge < -0.3 is 19.9 Å². The van der Waals surface area contributed by atoms with Crippen molar-refractivity contribution in [2.24, 2.45) is 0 Å². The normalized spacial score (nSPS) is 15.8. The highest BCUT2D eigenvalue weighted by Crippen LogP contribution is 2.28. The summed E-state index contributed by atoms with van der Waals surface area (Å²) in [5, 5.41) is 12.3. The molecular formula is C21H18N2O7. The summed E-state index contributed by atoms with van der Waals surface area (Å²) in [6.45, 7) is 0.535. The van der Waals surface area contributed by atoms with Gasteiger partial charge in [0.15, 0.2) is 6.79 Å². The van der Waals surface area contributed by atoms with E-state index in [0.717, 1.165) is 5.56 Å². The molecule has 2 aliphatic rings. The van der Waals surface area contributed by atoms with Gasteiger partial charge in [0, 0.05) is 17.7 Å². The Balaban J connectivity index is 1.42. The quantitative estimate of drug-likeness (QED) is 0.699.